The van der Waals surface area contributed by atoms with Crippen LogP contribution in [0.3, 0.4) is 0 Å². The highest BCUT2D eigenvalue weighted by molar-refractivity contribution is 6.32. The second-order valence-corrected chi connectivity index (χ2v) is 12.0. The first kappa shape index (κ1) is 30.1. The van der Waals surface area contributed by atoms with Crippen molar-refractivity contribution in [3.8, 4) is 5.75 Å². The maximum absolute atomic E-state index is 15.0. The summed E-state index contributed by atoms with van der Waals surface area (Å²) in [5, 5.41) is 22.9. The summed E-state index contributed by atoms with van der Waals surface area (Å²) in [6.07, 6.45) is -0.503. The van der Waals surface area contributed by atoms with Crippen molar-refractivity contribution in [2.75, 3.05) is 27.2 Å². The first-order chi connectivity index (χ1) is 19.7. The molecule has 13 heteroatoms. The number of nitrogens with zero attached hydrogens (tertiary/aromatic N) is 2. The van der Waals surface area contributed by atoms with E-state index in [1.165, 1.54) is 19.0 Å². The number of hydrogen-bond donors (Lipinski definition) is 3. The number of rotatable bonds is 5. The highest BCUT2D eigenvalue weighted by Gasteiger charge is 2.69. The van der Waals surface area contributed by atoms with Crippen LogP contribution in [0.2, 0.25) is 0 Å². The maximum Gasteiger partial charge on any atom is 0.306 e. The van der Waals surface area contributed by atoms with Gasteiger partial charge >= 0.3 is 6.08 Å². The van der Waals surface area contributed by atoms with Gasteiger partial charge in [-0.1, -0.05) is 6.42 Å². The Kier molecular flexibility index (Phi) is 7.65. The number of Topliss-reactive ketones (excluding diaryl/α,β-unsaturated/α-hetero) is 4. The molecule has 0 radical (unpaired) electrons. The average molecular weight is 592 g/mol. The van der Waals surface area contributed by atoms with E-state index in [2.05, 4.69) is 0 Å². The lowest BCUT2D eigenvalue weighted by atomic mass is 9.52. The first-order valence-electron chi connectivity index (χ1n) is 13.9. The number of aliphatic hydroxyl groups is 1. The van der Waals surface area contributed by atoms with Gasteiger partial charge in [-0.05, 0) is 70.4 Å². The summed E-state index contributed by atoms with van der Waals surface area (Å²) in [6.45, 7) is 1.32. The molecule has 5 rings (SSSR count). The van der Waals surface area contributed by atoms with Gasteiger partial charge in [0.1, 0.15) is 5.75 Å². The third kappa shape index (κ3) is 4.40. The number of fused-ring (bicyclic) bond motifs is 3. The topological polar surface area (TPSA) is 158 Å². The van der Waals surface area contributed by atoms with Crippen LogP contribution in [0.25, 0.3) is 5.83 Å². The third-order valence-corrected chi connectivity index (χ3v) is 9.39. The largest absolute Gasteiger partial charge is 0.507 e. The van der Waals surface area contributed by atoms with Gasteiger partial charge in [-0.2, -0.15) is 8.78 Å². The van der Waals surface area contributed by atoms with Gasteiger partial charge in [0.15, 0.2) is 40.5 Å². The molecule has 1 aliphatic heterocycles. The number of likely N-dealkylation sites (tertiary alicyclic amines) is 1. The molecule has 4 aliphatic rings. The number of carbonyl (C=O) groups excluding carboxylic acids is 5. The van der Waals surface area contributed by atoms with E-state index < -0.39 is 93.1 Å². The van der Waals surface area contributed by atoms with Crippen molar-refractivity contribution in [3.05, 3.63) is 34.4 Å². The van der Waals surface area contributed by atoms with Crippen molar-refractivity contribution in [1.82, 2.24) is 9.80 Å². The predicted octanol–water partition coefficient (Wildman–Crippen LogP) is 1.39. The van der Waals surface area contributed by atoms with Crippen molar-refractivity contribution in [3.63, 3.8) is 0 Å². The van der Waals surface area contributed by atoms with E-state index in [0.717, 1.165) is 25.3 Å². The van der Waals surface area contributed by atoms with Crippen LogP contribution < -0.4 is 5.73 Å². The van der Waals surface area contributed by atoms with Crippen molar-refractivity contribution in [2.45, 2.75) is 50.3 Å². The fourth-order valence-corrected chi connectivity index (χ4v) is 7.50. The van der Waals surface area contributed by atoms with Gasteiger partial charge in [0.25, 0.3) is 0 Å². The number of amides is 1. The lowest BCUT2D eigenvalue weighted by Gasteiger charge is -2.52. The molecule has 0 spiro atoms. The Morgan fingerprint density at radius 1 is 1.10 bits per heavy atom. The molecular weight excluding hydrogens is 559 g/mol. The summed E-state index contributed by atoms with van der Waals surface area (Å²) < 4.78 is 42.2. The number of likely N-dealkylation sites (N-methyl/N-ethyl adjacent to an activating group) is 1. The highest BCUT2D eigenvalue weighted by Crippen LogP contribution is 2.52. The van der Waals surface area contributed by atoms with Gasteiger partial charge in [-0.3, -0.25) is 33.8 Å². The maximum atomic E-state index is 15.0. The molecule has 0 aromatic heterocycles. The molecule has 1 aromatic carbocycles. The molecule has 3 aliphatic carbocycles. The molecular formula is C29H32F3N3O7. The SMILES string of the molecule is CN(C)[C@H]1C(=O)C(C(N)=O)C(=O)[C@@]2(O)C(=O)C3C(=O)c4c(O)c(CN5CCCCC5)cc(C(F)=C(F)F)c4C[C@H]3C[C@@H]12. The van der Waals surface area contributed by atoms with Gasteiger partial charge in [-0.15, -0.1) is 0 Å². The van der Waals surface area contributed by atoms with Crippen LogP contribution in [0.1, 0.15) is 52.7 Å². The standard InChI is InChI=1S/C29H32F3N3O7/c1-34(2)21-16-10-12-8-14-15(20(30)27(31)32)9-13(11-35-6-4-3-5-7-35)22(36)18(14)23(37)17(12)25(39)29(16,42)26(40)19(24(21)38)28(33)41/h9,12,16-17,19,21,36,42H,3-8,10-11H2,1-2H3,(H2,33,41)/t12-,16-,17?,19?,21+,29-/m0/s1. The minimum atomic E-state index is -2.92. The second-order valence-electron chi connectivity index (χ2n) is 12.0. The molecule has 0 bridgehead atoms. The molecule has 1 amide bonds. The number of phenolic OH excluding ortho intramolecular Hbond substituents is 1. The van der Waals surface area contributed by atoms with Gasteiger partial charge < -0.3 is 15.9 Å². The second kappa shape index (κ2) is 10.7. The number of halogens is 3. The van der Waals surface area contributed by atoms with Crippen LogP contribution in [0.4, 0.5) is 13.2 Å². The number of piperidine rings is 1. The number of carbonyl (C=O) groups is 5. The average Bonchev–Trinajstić information content (AvgIpc) is 2.92. The molecule has 42 heavy (non-hydrogen) atoms. The van der Waals surface area contributed by atoms with E-state index in [0.29, 0.717) is 13.1 Å². The smallest absolute Gasteiger partial charge is 0.306 e. The van der Waals surface area contributed by atoms with Crippen LogP contribution in [-0.2, 0) is 32.1 Å². The zero-order valence-electron chi connectivity index (χ0n) is 23.2. The van der Waals surface area contributed by atoms with Crippen LogP contribution in [0.5, 0.6) is 5.75 Å². The summed E-state index contributed by atoms with van der Waals surface area (Å²) >= 11 is 0. The lowest BCUT2D eigenvalue weighted by molar-refractivity contribution is -0.181. The summed E-state index contributed by atoms with van der Waals surface area (Å²) in [5.74, 6) is -14.7. The van der Waals surface area contributed by atoms with Crippen molar-refractivity contribution in [1.29, 1.82) is 0 Å². The molecule has 226 valence electrons. The van der Waals surface area contributed by atoms with Crippen LogP contribution in [-0.4, -0.2) is 87.9 Å². The van der Waals surface area contributed by atoms with Gasteiger partial charge in [0, 0.05) is 23.6 Å². The Morgan fingerprint density at radius 3 is 2.31 bits per heavy atom. The van der Waals surface area contributed by atoms with Gasteiger partial charge in [-0.25, -0.2) is 4.39 Å². The quantitative estimate of drug-likeness (QED) is 0.430. The zero-order chi connectivity index (χ0) is 30.8. The monoisotopic (exact) mass is 591 g/mol. The Bertz CT molecular complexity index is 1430. The van der Waals surface area contributed by atoms with E-state index in [9.17, 15) is 47.4 Å². The number of nitrogens with two attached hydrogens (primary N) is 1. The minimum Gasteiger partial charge on any atom is -0.507 e. The Morgan fingerprint density at radius 2 is 1.74 bits per heavy atom. The van der Waals surface area contributed by atoms with E-state index in [-0.39, 0.29) is 30.5 Å². The van der Waals surface area contributed by atoms with E-state index in [1.54, 1.807) is 0 Å². The number of hydrogen-bond acceptors (Lipinski definition) is 9. The number of ketones is 4. The zero-order valence-corrected chi connectivity index (χ0v) is 23.2. The van der Waals surface area contributed by atoms with Crippen LogP contribution >= 0.6 is 0 Å². The Labute approximate surface area is 239 Å². The van der Waals surface area contributed by atoms with Crippen molar-refractivity contribution in [2.24, 2.45) is 29.4 Å². The van der Waals surface area contributed by atoms with Crippen molar-refractivity contribution >= 4 is 34.9 Å². The fraction of sp³-hybridized carbons (Fsp3) is 0.552. The molecule has 1 saturated heterocycles. The molecule has 1 heterocycles. The number of benzene rings is 1. The number of phenols is 1. The molecule has 3 fully saturated rings. The highest BCUT2D eigenvalue weighted by atomic mass is 19.3. The summed E-state index contributed by atoms with van der Waals surface area (Å²) in [7, 11) is 2.89. The third-order valence-electron chi connectivity index (χ3n) is 9.39. The predicted molar refractivity (Wildman–Crippen MR) is 141 cm³/mol. The normalized spacial score (nSPS) is 31.5. The summed E-state index contributed by atoms with van der Waals surface area (Å²) in [6, 6.07) is -0.217. The minimum absolute atomic E-state index is 0.0227. The summed E-state index contributed by atoms with van der Waals surface area (Å²) in [4.78, 5) is 69.9. The molecule has 4 N–H and O–H groups in total. The van der Waals surface area contributed by atoms with E-state index >= 15 is 0 Å². The van der Waals surface area contributed by atoms with E-state index in [4.69, 9.17) is 5.73 Å². The molecule has 2 unspecified atom stereocenters. The van der Waals surface area contributed by atoms with Crippen LogP contribution in [0, 0.1) is 23.7 Å². The molecule has 10 nitrogen and oxygen atoms in total. The molecule has 6 atom stereocenters. The number of primary amides is 1. The lowest BCUT2D eigenvalue weighted by Crippen LogP contribution is -2.74. The molecule has 1 aromatic rings. The first-order valence-corrected chi connectivity index (χ1v) is 13.9. The van der Waals surface area contributed by atoms with Crippen molar-refractivity contribution < 1.29 is 47.4 Å². The van der Waals surface area contributed by atoms with Gasteiger partial charge in [0.2, 0.25) is 5.91 Å². The Balaban J connectivity index is 1.65. The summed E-state index contributed by atoms with van der Waals surface area (Å²) in [5.41, 5.74) is 1.11. The van der Waals surface area contributed by atoms with E-state index in [1.807, 2.05) is 4.90 Å². The fourth-order valence-electron chi connectivity index (χ4n) is 7.50. The van der Waals surface area contributed by atoms with Gasteiger partial charge in [0.05, 0.1) is 17.5 Å². The van der Waals surface area contributed by atoms with Crippen LogP contribution in [0.15, 0.2) is 12.1 Å². The molecule has 2 saturated carbocycles. The number of aromatic hydroxyl groups is 1. The Hall–Kier alpha value is -3.42.